The Morgan fingerprint density at radius 2 is 2.00 bits per heavy atom. The van der Waals surface area contributed by atoms with Crippen LogP contribution in [-0.4, -0.2) is 11.1 Å². The van der Waals surface area contributed by atoms with E-state index < -0.39 is 5.97 Å². The summed E-state index contributed by atoms with van der Waals surface area (Å²) < 4.78 is 0. The lowest BCUT2D eigenvalue weighted by atomic mass is 9.75. The highest BCUT2D eigenvalue weighted by atomic mass is 16.4. The molecule has 0 saturated heterocycles. The molecule has 76 valence electrons. The van der Waals surface area contributed by atoms with Gasteiger partial charge < -0.3 is 5.11 Å². The zero-order chi connectivity index (χ0) is 10.6. The van der Waals surface area contributed by atoms with E-state index in [-0.39, 0.29) is 5.41 Å². The van der Waals surface area contributed by atoms with Crippen LogP contribution >= 0.6 is 0 Å². The minimum absolute atomic E-state index is 0.193. The van der Waals surface area contributed by atoms with Gasteiger partial charge in [-0.2, -0.15) is 0 Å². The SMILES string of the molecule is C=C(CC(C)C(C)(C)CC)C(=O)O. The molecule has 0 radical (unpaired) electrons. The molecule has 1 N–H and O–H groups in total. The van der Waals surface area contributed by atoms with Gasteiger partial charge >= 0.3 is 5.97 Å². The van der Waals surface area contributed by atoms with E-state index in [1.165, 1.54) is 0 Å². The zero-order valence-corrected chi connectivity index (χ0v) is 9.05. The highest BCUT2D eigenvalue weighted by Crippen LogP contribution is 2.33. The van der Waals surface area contributed by atoms with E-state index in [1.54, 1.807) is 0 Å². The third kappa shape index (κ3) is 3.62. The molecule has 0 rings (SSSR count). The molecule has 0 saturated carbocycles. The first kappa shape index (κ1) is 12.2. The van der Waals surface area contributed by atoms with Crippen LogP contribution in [0.2, 0.25) is 0 Å². The normalized spacial score (nSPS) is 13.8. The molecule has 1 unspecified atom stereocenters. The fourth-order valence-corrected chi connectivity index (χ4v) is 1.08. The van der Waals surface area contributed by atoms with Gasteiger partial charge in [0.05, 0.1) is 0 Å². The van der Waals surface area contributed by atoms with Gasteiger partial charge in [-0.05, 0) is 17.8 Å². The molecular formula is C11H20O2. The van der Waals surface area contributed by atoms with Gasteiger partial charge in [-0.25, -0.2) is 4.79 Å². The minimum Gasteiger partial charge on any atom is -0.478 e. The van der Waals surface area contributed by atoms with Crippen LogP contribution in [0.4, 0.5) is 0 Å². The van der Waals surface area contributed by atoms with Crippen molar-refractivity contribution in [3.63, 3.8) is 0 Å². The number of carboxylic acids is 1. The van der Waals surface area contributed by atoms with Gasteiger partial charge in [0, 0.05) is 5.57 Å². The average Bonchev–Trinajstić information content (AvgIpc) is 2.04. The van der Waals surface area contributed by atoms with Gasteiger partial charge in [-0.1, -0.05) is 40.7 Å². The summed E-state index contributed by atoms with van der Waals surface area (Å²) in [5.41, 5.74) is 0.507. The maximum atomic E-state index is 10.6. The number of hydrogen-bond donors (Lipinski definition) is 1. The molecule has 0 spiro atoms. The lowest BCUT2D eigenvalue weighted by Gasteiger charge is -2.30. The zero-order valence-electron chi connectivity index (χ0n) is 9.05. The van der Waals surface area contributed by atoms with Crippen molar-refractivity contribution in [2.45, 2.75) is 40.5 Å². The molecule has 1 atom stereocenters. The molecule has 0 bridgehead atoms. The van der Waals surface area contributed by atoms with Gasteiger partial charge in [0.1, 0.15) is 0 Å². The van der Waals surface area contributed by atoms with E-state index in [9.17, 15) is 4.79 Å². The Morgan fingerprint density at radius 1 is 1.54 bits per heavy atom. The van der Waals surface area contributed by atoms with Crippen molar-refractivity contribution in [1.82, 2.24) is 0 Å². The summed E-state index contributed by atoms with van der Waals surface area (Å²) in [6, 6.07) is 0. The number of carboxylic acid groups (broad SMARTS) is 1. The number of aliphatic carboxylic acids is 1. The molecule has 0 aliphatic heterocycles. The molecule has 0 aromatic carbocycles. The van der Waals surface area contributed by atoms with Crippen LogP contribution in [0.25, 0.3) is 0 Å². The maximum Gasteiger partial charge on any atom is 0.330 e. The first-order valence-electron chi connectivity index (χ1n) is 4.72. The van der Waals surface area contributed by atoms with Gasteiger partial charge in [0.2, 0.25) is 0 Å². The van der Waals surface area contributed by atoms with Crippen LogP contribution in [0, 0.1) is 11.3 Å². The van der Waals surface area contributed by atoms with Crippen LogP contribution in [-0.2, 0) is 4.79 Å². The van der Waals surface area contributed by atoms with Crippen molar-refractivity contribution in [2.24, 2.45) is 11.3 Å². The Kier molecular flexibility index (Phi) is 4.18. The van der Waals surface area contributed by atoms with Crippen molar-refractivity contribution in [2.75, 3.05) is 0 Å². The quantitative estimate of drug-likeness (QED) is 0.667. The molecule has 0 aliphatic rings. The first-order valence-corrected chi connectivity index (χ1v) is 4.72. The molecule has 0 heterocycles. The van der Waals surface area contributed by atoms with Gasteiger partial charge in [0.15, 0.2) is 0 Å². The smallest absolute Gasteiger partial charge is 0.330 e. The lowest BCUT2D eigenvalue weighted by molar-refractivity contribution is -0.133. The predicted octanol–water partition coefficient (Wildman–Crippen LogP) is 3.09. The summed E-state index contributed by atoms with van der Waals surface area (Å²) >= 11 is 0. The Bertz CT molecular complexity index is 204. The van der Waals surface area contributed by atoms with Crippen LogP contribution in [0.3, 0.4) is 0 Å². The van der Waals surface area contributed by atoms with Crippen LogP contribution in [0.15, 0.2) is 12.2 Å². The van der Waals surface area contributed by atoms with Gasteiger partial charge in [0.25, 0.3) is 0 Å². The molecule has 0 aromatic rings. The van der Waals surface area contributed by atoms with E-state index in [2.05, 4.69) is 34.3 Å². The molecule has 2 heteroatoms. The molecule has 0 aromatic heterocycles. The standard InChI is InChI=1S/C11H20O2/c1-6-11(4,5)9(3)7-8(2)10(12)13/h9H,2,6-7H2,1,3-5H3,(H,12,13). The highest BCUT2D eigenvalue weighted by molar-refractivity contribution is 5.85. The van der Waals surface area contributed by atoms with Crippen molar-refractivity contribution < 1.29 is 9.90 Å². The second kappa shape index (κ2) is 4.45. The van der Waals surface area contributed by atoms with E-state index in [0.717, 1.165) is 6.42 Å². The summed E-state index contributed by atoms with van der Waals surface area (Å²) in [6.07, 6.45) is 1.64. The third-order valence-corrected chi connectivity index (χ3v) is 3.10. The molecular weight excluding hydrogens is 164 g/mol. The van der Waals surface area contributed by atoms with E-state index >= 15 is 0 Å². The van der Waals surface area contributed by atoms with Crippen LogP contribution < -0.4 is 0 Å². The summed E-state index contributed by atoms with van der Waals surface area (Å²) in [4.78, 5) is 10.6. The third-order valence-electron chi connectivity index (χ3n) is 3.10. The van der Waals surface area contributed by atoms with Crippen LogP contribution in [0.1, 0.15) is 40.5 Å². The molecule has 0 fully saturated rings. The topological polar surface area (TPSA) is 37.3 Å². The minimum atomic E-state index is -0.876. The largest absolute Gasteiger partial charge is 0.478 e. The molecule has 13 heavy (non-hydrogen) atoms. The molecule has 0 amide bonds. The summed E-state index contributed by atoms with van der Waals surface area (Å²) in [6.45, 7) is 12.1. The fraction of sp³-hybridized carbons (Fsp3) is 0.727. The Labute approximate surface area is 80.7 Å². The second-order valence-corrected chi connectivity index (χ2v) is 4.36. The van der Waals surface area contributed by atoms with Crippen molar-refractivity contribution >= 4 is 5.97 Å². The molecule has 2 nitrogen and oxygen atoms in total. The lowest BCUT2D eigenvalue weighted by Crippen LogP contribution is -2.22. The van der Waals surface area contributed by atoms with Crippen molar-refractivity contribution in [1.29, 1.82) is 0 Å². The van der Waals surface area contributed by atoms with Crippen molar-refractivity contribution in [3.8, 4) is 0 Å². The second-order valence-electron chi connectivity index (χ2n) is 4.36. The first-order chi connectivity index (χ1) is 5.81. The number of hydrogen-bond acceptors (Lipinski definition) is 1. The fourth-order valence-electron chi connectivity index (χ4n) is 1.08. The van der Waals surface area contributed by atoms with E-state index in [0.29, 0.717) is 17.9 Å². The summed E-state index contributed by atoms with van der Waals surface area (Å²) in [5.74, 6) is -0.514. The molecule has 0 aliphatic carbocycles. The maximum absolute atomic E-state index is 10.6. The highest BCUT2D eigenvalue weighted by Gasteiger charge is 2.25. The van der Waals surface area contributed by atoms with E-state index in [4.69, 9.17) is 5.11 Å². The van der Waals surface area contributed by atoms with Crippen molar-refractivity contribution in [3.05, 3.63) is 12.2 Å². The Balaban J connectivity index is 4.23. The predicted molar refractivity (Wildman–Crippen MR) is 54.6 cm³/mol. The van der Waals surface area contributed by atoms with Crippen LogP contribution in [0.5, 0.6) is 0 Å². The average molecular weight is 184 g/mol. The summed E-state index contributed by atoms with van der Waals surface area (Å²) in [7, 11) is 0. The van der Waals surface area contributed by atoms with Gasteiger partial charge in [-0.15, -0.1) is 0 Å². The Hall–Kier alpha value is -0.790. The van der Waals surface area contributed by atoms with E-state index in [1.807, 2.05) is 0 Å². The van der Waals surface area contributed by atoms with Gasteiger partial charge in [-0.3, -0.25) is 0 Å². The monoisotopic (exact) mass is 184 g/mol. The number of carbonyl (C=O) groups is 1. The number of rotatable bonds is 5. The summed E-state index contributed by atoms with van der Waals surface area (Å²) in [5, 5.41) is 8.67. The Morgan fingerprint density at radius 3 is 2.31 bits per heavy atom.